The Bertz CT molecular complexity index is 697. The number of carboxylic acids is 1. The summed E-state index contributed by atoms with van der Waals surface area (Å²) in [6, 6.07) is 10.2. The second-order valence-electron chi connectivity index (χ2n) is 4.04. The van der Waals surface area contributed by atoms with Crippen molar-refractivity contribution in [1.29, 1.82) is 0 Å². The lowest BCUT2D eigenvalue weighted by atomic mass is 10.2. The summed E-state index contributed by atoms with van der Waals surface area (Å²) >= 11 is 15.4. The first-order valence-electron chi connectivity index (χ1n) is 5.79. The van der Waals surface area contributed by atoms with Gasteiger partial charge in [0.1, 0.15) is 11.5 Å². The van der Waals surface area contributed by atoms with Crippen LogP contribution in [0.25, 0.3) is 6.08 Å². The Morgan fingerprint density at radius 3 is 2.43 bits per heavy atom. The molecule has 0 saturated carbocycles. The molecule has 0 aliphatic carbocycles. The molecule has 3 nitrogen and oxygen atoms in total. The maximum absolute atomic E-state index is 10.4. The molecule has 0 heterocycles. The Morgan fingerprint density at radius 2 is 1.81 bits per heavy atom. The first kappa shape index (κ1) is 15.9. The molecule has 0 aromatic heterocycles. The smallest absolute Gasteiger partial charge is 0.328 e. The maximum atomic E-state index is 10.4. The molecular formula is C15H9BrCl2O3. The SMILES string of the molecule is O=C(O)/C=C/c1ccc(Oc2cc(Cl)c(Br)cc2Cl)cc1. The van der Waals surface area contributed by atoms with Crippen LogP contribution < -0.4 is 4.74 Å². The fraction of sp³-hybridized carbons (Fsp3) is 0. The van der Waals surface area contributed by atoms with Gasteiger partial charge in [-0.3, -0.25) is 0 Å². The van der Waals surface area contributed by atoms with E-state index in [0.717, 1.165) is 11.6 Å². The van der Waals surface area contributed by atoms with Crippen LogP contribution in [0.1, 0.15) is 5.56 Å². The second kappa shape index (κ2) is 6.98. The average molecular weight is 388 g/mol. The topological polar surface area (TPSA) is 46.5 Å². The van der Waals surface area contributed by atoms with Crippen molar-refractivity contribution in [1.82, 2.24) is 0 Å². The molecule has 0 aliphatic heterocycles. The fourth-order valence-corrected chi connectivity index (χ4v) is 2.36. The van der Waals surface area contributed by atoms with Crippen molar-refractivity contribution in [3.63, 3.8) is 0 Å². The molecule has 0 saturated heterocycles. The number of carboxylic acid groups (broad SMARTS) is 1. The zero-order valence-corrected chi connectivity index (χ0v) is 13.6. The molecule has 108 valence electrons. The van der Waals surface area contributed by atoms with E-state index >= 15 is 0 Å². The number of aliphatic carboxylic acids is 1. The van der Waals surface area contributed by atoms with Crippen LogP contribution in [0.15, 0.2) is 46.9 Å². The highest BCUT2D eigenvalue weighted by Gasteiger charge is 2.07. The van der Waals surface area contributed by atoms with E-state index in [-0.39, 0.29) is 0 Å². The third kappa shape index (κ3) is 4.49. The number of benzene rings is 2. The van der Waals surface area contributed by atoms with E-state index in [2.05, 4.69) is 15.9 Å². The molecule has 0 spiro atoms. The van der Waals surface area contributed by atoms with Crippen molar-refractivity contribution < 1.29 is 14.6 Å². The van der Waals surface area contributed by atoms with Crippen LogP contribution in [0, 0.1) is 0 Å². The fourth-order valence-electron chi connectivity index (χ4n) is 1.52. The number of ether oxygens (including phenoxy) is 1. The summed E-state index contributed by atoms with van der Waals surface area (Å²) < 4.78 is 6.34. The van der Waals surface area contributed by atoms with Gasteiger partial charge in [-0.2, -0.15) is 0 Å². The van der Waals surface area contributed by atoms with Crippen molar-refractivity contribution in [2.24, 2.45) is 0 Å². The average Bonchev–Trinajstić information content (AvgIpc) is 2.44. The van der Waals surface area contributed by atoms with Gasteiger partial charge < -0.3 is 9.84 Å². The summed E-state index contributed by atoms with van der Waals surface area (Å²) in [6.45, 7) is 0. The van der Waals surface area contributed by atoms with Crippen molar-refractivity contribution >= 4 is 51.2 Å². The summed E-state index contributed by atoms with van der Waals surface area (Å²) in [6.07, 6.45) is 2.57. The van der Waals surface area contributed by atoms with E-state index in [0.29, 0.717) is 26.0 Å². The van der Waals surface area contributed by atoms with Gasteiger partial charge in [-0.1, -0.05) is 35.3 Å². The third-order valence-electron chi connectivity index (χ3n) is 2.50. The number of carbonyl (C=O) groups is 1. The van der Waals surface area contributed by atoms with Gasteiger partial charge in [-0.15, -0.1) is 0 Å². The van der Waals surface area contributed by atoms with Crippen LogP contribution in [-0.2, 0) is 4.79 Å². The number of rotatable bonds is 4. The van der Waals surface area contributed by atoms with Crippen molar-refractivity contribution in [3.8, 4) is 11.5 Å². The standard InChI is InChI=1S/C15H9BrCl2O3/c16-11-7-13(18)14(8-12(11)17)21-10-4-1-9(2-5-10)3-6-15(19)20/h1-8H,(H,19,20)/b6-3+. The quantitative estimate of drug-likeness (QED) is 0.544. The summed E-state index contributed by atoms with van der Waals surface area (Å²) in [5.74, 6) is 0.0214. The minimum absolute atomic E-state index is 0.432. The molecule has 0 aliphatic rings. The zero-order valence-electron chi connectivity index (χ0n) is 10.5. The second-order valence-corrected chi connectivity index (χ2v) is 5.71. The molecule has 0 amide bonds. The van der Waals surface area contributed by atoms with Crippen molar-refractivity contribution in [2.45, 2.75) is 0 Å². The van der Waals surface area contributed by atoms with Gasteiger partial charge in [-0.25, -0.2) is 4.79 Å². The van der Waals surface area contributed by atoms with E-state index < -0.39 is 5.97 Å². The predicted octanol–water partition coefficient (Wildman–Crippen LogP) is 5.65. The molecule has 21 heavy (non-hydrogen) atoms. The summed E-state index contributed by atoms with van der Waals surface area (Å²) in [4.78, 5) is 10.4. The number of halogens is 3. The number of hydrogen-bond donors (Lipinski definition) is 1. The zero-order chi connectivity index (χ0) is 15.4. The van der Waals surface area contributed by atoms with Gasteiger partial charge >= 0.3 is 5.97 Å². The largest absolute Gasteiger partial charge is 0.478 e. The monoisotopic (exact) mass is 386 g/mol. The lowest BCUT2D eigenvalue weighted by Gasteiger charge is -2.09. The minimum Gasteiger partial charge on any atom is -0.478 e. The molecule has 2 aromatic carbocycles. The summed E-state index contributed by atoms with van der Waals surface area (Å²) in [5, 5.41) is 9.49. The molecule has 0 bridgehead atoms. The molecule has 6 heteroatoms. The van der Waals surface area contributed by atoms with E-state index in [9.17, 15) is 4.79 Å². The first-order chi connectivity index (χ1) is 9.95. The predicted molar refractivity (Wildman–Crippen MR) is 87.3 cm³/mol. The first-order valence-corrected chi connectivity index (χ1v) is 7.34. The molecular weight excluding hydrogens is 379 g/mol. The third-order valence-corrected chi connectivity index (χ3v) is 3.99. The molecule has 0 atom stereocenters. The van der Waals surface area contributed by atoms with E-state index in [1.54, 1.807) is 36.4 Å². The molecule has 1 N–H and O–H groups in total. The van der Waals surface area contributed by atoms with Crippen LogP contribution in [0.5, 0.6) is 11.5 Å². The van der Waals surface area contributed by atoms with Gasteiger partial charge in [0.25, 0.3) is 0 Å². The lowest BCUT2D eigenvalue weighted by molar-refractivity contribution is -0.131. The normalized spacial score (nSPS) is 10.8. The maximum Gasteiger partial charge on any atom is 0.328 e. The Morgan fingerprint density at radius 1 is 1.14 bits per heavy atom. The van der Waals surface area contributed by atoms with Crippen LogP contribution in [-0.4, -0.2) is 11.1 Å². The Balaban J connectivity index is 2.17. The van der Waals surface area contributed by atoms with Gasteiger partial charge in [0.15, 0.2) is 0 Å². The molecule has 0 unspecified atom stereocenters. The molecule has 2 rings (SSSR count). The molecule has 0 fully saturated rings. The lowest BCUT2D eigenvalue weighted by Crippen LogP contribution is -1.87. The van der Waals surface area contributed by atoms with E-state index in [1.807, 2.05) is 0 Å². The Labute approximate surface area is 139 Å². The highest BCUT2D eigenvalue weighted by atomic mass is 79.9. The van der Waals surface area contributed by atoms with Crippen LogP contribution >= 0.6 is 39.1 Å². The van der Waals surface area contributed by atoms with Crippen molar-refractivity contribution in [2.75, 3.05) is 0 Å². The van der Waals surface area contributed by atoms with Crippen LogP contribution in [0.3, 0.4) is 0 Å². The minimum atomic E-state index is -0.994. The van der Waals surface area contributed by atoms with E-state index in [1.165, 1.54) is 6.08 Å². The van der Waals surface area contributed by atoms with Crippen LogP contribution in [0.4, 0.5) is 0 Å². The van der Waals surface area contributed by atoms with Gasteiger partial charge in [0, 0.05) is 16.6 Å². The highest BCUT2D eigenvalue weighted by Crippen LogP contribution is 2.36. The van der Waals surface area contributed by atoms with Crippen molar-refractivity contribution in [3.05, 3.63) is 62.6 Å². The van der Waals surface area contributed by atoms with Crippen LogP contribution in [0.2, 0.25) is 10.0 Å². The summed E-state index contributed by atoms with van der Waals surface area (Å²) in [7, 11) is 0. The van der Waals surface area contributed by atoms with E-state index in [4.69, 9.17) is 33.0 Å². The molecule has 0 radical (unpaired) electrons. The molecule has 2 aromatic rings. The Hall–Kier alpha value is -1.49. The Kier molecular flexibility index (Phi) is 5.28. The van der Waals surface area contributed by atoms with Gasteiger partial charge in [-0.05, 0) is 45.8 Å². The van der Waals surface area contributed by atoms with Gasteiger partial charge in [0.05, 0.1) is 10.0 Å². The van der Waals surface area contributed by atoms with Gasteiger partial charge in [0.2, 0.25) is 0 Å². The number of hydrogen-bond acceptors (Lipinski definition) is 2. The summed E-state index contributed by atoms with van der Waals surface area (Å²) in [5.41, 5.74) is 0.754. The highest BCUT2D eigenvalue weighted by molar-refractivity contribution is 9.10.